The normalized spacial score (nSPS) is 18.4. The summed E-state index contributed by atoms with van der Waals surface area (Å²) in [6.07, 6.45) is 1.54. The third kappa shape index (κ3) is 5.12. The first-order chi connectivity index (χ1) is 15.4. The van der Waals surface area contributed by atoms with Gasteiger partial charge in [-0.3, -0.25) is 0 Å². The predicted molar refractivity (Wildman–Crippen MR) is 114 cm³/mol. The van der Waals surface area contributed by atoms with Gasteiger partial charge in [0.1, 0.15) is 11.6 Å². The van der Waals surface area contributed by atoms with Gasteiger partial charge in [0.25, 0.3) is 0 Å². The lowest BCUT2D eigenvalue weighted by Crippen LogP contribution is -2.32. The smallest absolute Gasteiger partial charge is 0.159 e. The zero-order valence-corrected chi connectivity index (χ0v) is 17.6. The molecule has 3 aromatic carbocycles. The minimum Gasteiger partial charge on any atom is -0.352 e. The monoisotopic (exact) mass is 442 g/mol. The number of fused-ring (bicyclic) bond motifs is 1. The molecule has 0 unspecified atom stereocenters. The maximum absolute atomic E-state index is 14.5. The Morgan fingerprint density at radius 2 is 1.47 bits per heavy atom. The van der Waals surface area contributed by atoms with E-state index in [1.807, 2.05) is 0 Å². The summed E-state index contributed by atoms with van der Waals surface area (Å²) in [5.41, 5.74) is 0.594. The summed E-state index contributed by atoms with van der Waals surface area (Å²) < 4.78 is 67.1. The van der Waals surface area contributed by atoms with Crippen LogP contribution in [0, 0.1) is 41.0 Å². The summed E-state index contributed by atoms with van der Waals surface area (Å²) >= 11 is 0. The summed E-state index contributed by atoms with van der Waals surface area (Å²) in [7, 11) is 0. The number of rotatable bonds is 4. The molecule has 0 saturated carbocycles. The van der Waals surface area contributed by atoms with Crippen molar-refractivity contribution < 1.29 is 27.0 Å². The van der Waals surface area contributed by atoms with Gasteiger partial charge in [-0.25, -0.2) is 17.6 Å². The Morgan fingerprint density at radius 1 is 0.812 bits per heavy atom. The number of benzene rings is 3. The zero-order chi connectivity index (χ0) is 22.7. The average molecular weight is 442 g/mol. The Morgan fingerprint density at radius 3 is 2.12 bits per heavy atom. The largest absolute Gasteiger partial charge is 0.352 e. The van der Waals surface area contributed by atoms with Crippen molar-refractivity contribution in [2.45, 2.75) is 32.5 Å². The van der Waals surface area contributed by atoms with Crippen LogP contribution in [0.15, 0.2) is 42.5 Å². The molecule has 4 rings (SSSR count). The third-order valence-electron chi connectivity index (χ3n) is 5.59. The molecule has 6 heteroatoms. The fraction of sp³-hybridized carbons (Fsp3) is 0.308. The first kappa shape index (κ1) is 22.3. The van der Waals surface area contributed by atoms with Crippen LogP contribution in [0.5, 0.6) is 0 Å². The molecular formula is C26H22F4O2. The second-order valence-corrected chi connectivity index (χ2v) is 7.92. The molecule has 2 nitrogen and oxygen atoms in total. The van der Waals surface area contributed by atoms with Gasteiger partial charge in [0.05, 0.1) is 18.8 Å². The Bertz CT molecular complexity index is 1160. The summed E-state index contributed by atoms with van der Waals surface area (Å²) in [5, 5.41) is 0.955. The topological polar surface area (TPSA) is 18.5 Å². The molecule has 166 valence electrons. The van der Waals surface area contributed by atoms with Crippen molar-refractivity contribution in [1.82, 2.24) is 0 Å². The molecule has 1 saturated heterocycles. The lowest BCUT2D eigenvalue weighted by Gasteiger charge is -2.28. The molecule has 32 heavy (non-hydrogen) atoms. The lowest BCUT2D eigenvalue weighted by molar-refractivity contribution is -0.202. The van der Waals surface area contributed by atoms with E-state index in [9.17, 15) is 17.6 Å². The fourth-order valence-corrected chi connectivity index (χ4v) is 3.61. The van der Waals surface area contributed by atoms with Crippen LogP contribution in [-0.4, -0.2) is 19.5 Å². The van der Waals surface area contributed by atoms with Crippen molar-refractivity contribution >= 4 is 10.8 Å². The van der Waals surface area contributed by atoms with Crippen LogP contribution in [0.1, 0.15) is 36.5 Å². The van der Waals surface area contributed by atoms with Crippen LogP contribution in [0.3, 0.4) is 0 Å². The molecule has 1 aliphatic rings. The van der Waals surface area contributed by atoms with Crippen LogP contribution in [0.2, 0.25) is 0 Å². The van der Waals surface area contributed by atoms with Crippen molar-refractivity contribution in [3.05, 3.63) is 82.4 Å². The van der Waals surface area contributed by atoms with E-state index in [-0.39, 0.29) is 11.9 Å². The van der Waals surface area contributed by atoms with Gasteiger partial charge in [0.2, 0.25) is 0 Å². The van der Waals surface area contributed by atoms with E-state index < -0.39 is 23.3 Å². The van der Waals surface area contributed by atoms with Crippen molar-refractivity contribution in [3.63, 3.8) is 0 Å². The minimum atomic E-state index is -0.968. The van der Waals surface area contributed by atoms with Crippen LogP contribution >= 0.6 is 0 Å². The first-order valence-electron chi connectivity index (χ1n) is 10.5. The summed E-state index contributed by atoms with van der Waals surface area (Å²) in [5.74, 6) is 2.19. The van der Waals surface area contributed by atoms with Gasteiger partial charge in [0, 0.05) is 17.9 Å². The maximum Gasteiger partial charge on any atom is 0.159 e. The molecule has 3 aromatic rings. The highest BCUT2D eigenvalue weighted by molar-refractivity contribution is 5.84. The summed E-state index contributed by atoms with van der Waals surface area (Å²) in [6.45, 7) is 3.35. The predicted octanol–water partition coefficient (Wildman–Crippen LogP) is 6.13. The number of ether oxygens (including phenoxy) is 2. The number of hydrogen-bond acceptors (Lipinski definition) is 2. The van der Waals surface area contributed by atoms with Gasteiger partial charge in [-0.1, -0.05) is 24.8 Å². The highest BCUT2D eigenvalue weighted by atomic mass is 19.2. The Hall–Kier alpha value is -2.88. The van der Waals surface area contributed by atoms with E-state index in [2.05, 4.69) is 18.8 Å². The zero-order valence-electron chi connectivity index (χ0n) is 17.6. The highest BCUT2D eigenvalue weighted by Gasteiger charge is 2.21. The van der Waals surface area contributed by atoms with Gasteiger partial charge in [-0.05, 0) is 65.6 Å². The summed E-state index contributed by atoms with van der Waals surface area (Å²) in [6, 6.07) is 9.40. The quantitative estimate of drug-likeness (QED) is 0.358. The van der Waals surface area contributed by atoms with Crippen LogP contribution in [0.4, 0.5) is 17.6 Å². The van der Waals surface area contributed by atoms with Gasteiger partial charge >= 0.3 is 0 Å². The fourth-order valence-electron chi connectivity index (χ4n) is 3.61. The van der Waals surface area contributed by atoms with Crippen LogP contribution in [0.25, 0.3) is 10.8 Å². The number of hydrogen-bond donors (Lipinski definition) is 0. The van der Waals surface area contributed by atoms with E-state index in [0.29, 0.717) is 53.9 Å². The van der Waals surface area contributed by atoms with E-state index >= 15 is 0 Å². The second-order valence-electron chi connectivity index (χ2n) is 7.92. The molecule has 0 spiro atoms. The van der Waals surface area contributed by atoms with Crippen molar-refractivity contribution in [1.29, 1.82) is 0 Å². The lowest BCUT2D eigenvalue weighted by atomic mass is 10.0. The highest BCUT2D eigenvalue weighted by Crippen LogP contribution is 2.22. The van der Waals surface area contributed by atoms with Crippen LogP contribution in [-0.2, 0) is 15.9 Å². The average Bonchev–Trinajstić information content (AvgIpc) is 2.78. The minimum absolute atomic E-state index is 0.338. The molecule has 1 heterocycles. The van der Waals surface area contributed by atoms with E-state index in [0.717, 1.165) is 18.6 Å². The third-order valence-corrected chi connectivity index (χ3v) is 5.59. The van der Waals surface area contributed by atoms with E-state index in [4.69, 9.17) is 9.47 Å². The molecular weight excluding hydrogens is 420 g/mol. The molecule has 0 aromatic heterocycles. The molecule has 1 aliphatic heterocycles. The molecule has 0 bridgehead atoms. The second kappa shape index (κ2) is 9.72. The molecule has 0 radical (unpaired) electrons. The number of halogens is 4. The molecule has 0 N–H and O–H groups in total. The standard InChI is InChI=1S/C26H22F4O2/c1-2-16-14-31-26(32-15-16)8-5-18-10-22(27)21(23(28)11-18)7-4-17-3-6-19-12-24(29)25(30)13-20(19)9-17/h3,6,9-13,16,26H,2,5,8,14-15H2,1H3. The Balaban J connectivity index is 1.47. The van der Waals surface area contributed by atoms with E-state index in [1.165, 1.54) is 12.1 Å². The van der Waals surface area contributed by atoms with Crippen molar-refractivity contribution in [3.8, 4) is 11.8 Å². The first-order valence-corrected chi connectivity index (χ1v) is 10.5. The van der Waals surface area contributed by atoms with Crippen LogP contribution < -0.4 is 0 Å². The number of aryl methyl sites for hydroxylation is 1. The van der Waals surface area contributed by atoms with Gasteiger partial charge in [0.15, 0.2) is 17.9 Å². The van der Waals surface area contributed by atoms with Crippen molar-refractivity contribution in [2.24, 2.45) is 5.92 Å². The Kier molecular flexibility index (Phi) is 6.78. The van der Waals surface area contributed by atoms with Crippen molar-refractivity contribution in [2.75, 3.05) is 13.2 Å². The molecule has 0 atom stereocenters. The SMILES string of the molecule is CCC1COC(CCc2cc(F)c(C#Cc3ccc4cc(F)c(F)cc4c3)c(F)c2)OC1. The van der Waals surface area contributed by atoms with Gasteiger partial charge in [-0.15, -0.1) is 0 Å². The van der Waals surface area contributed by atoms with Gasteiger partial charge in [-0.2, -0.15) is 0 Å². The molecule has 0 aliphatic carbocycles. The van der Waals surface area contributed by atoms with E-state index in [1.54, 1.807) is 18.2 Å². The maximum atomic E-state index is 14.5. The molecule has 1 fully saturated rings. The summed E-state index contributed by atoms with van der Waals surface area (Å²) in [4.78, 5) is 0. The van der Waals surface area contributed by atoms with Gasteiger partial charge < -0.3 is 9.47 Å². The Labute approximate surface area is 184 Å². The molecule has 0 amide bonds.